The maximum absolute atomic E-state index is 5.63. The van der Waals surface area contributed by atoms with Crippen LogP contribution in [0.4, 0.5) is 11.6 Å². The second-order valence-electron chi connectivity index (χ2n) is 4.86. The second kappa shape index (κ2) is 5.88. The molecule has 20 heavy (non-hydrogen) atoms. The van der Waals surface area contributed by atoms with E-state index in [1.807, 2.05) is 12.1 Å². The van der Waals surface area contributed by atoms with Crippen molar-refractivity contribution < 1.29 is 0 Å². The molecule has 2 N–H and O–H groups in total. The van der Waals surface area contributed by atoms with Gasteiger partial charge >= 0.3 is 0 Å². The van der Waals surface area contributed by atoms with Crippen LogP contribution in [0.25, 0.3) is 0 Å². The van der Waals surface area contributed by atoms with Gasteiger partial charge in [0.15, 0.2) is 0 Å². The summed E-state index contributed by atoms with van der Waals surface area (Å²) in [7, 11) is 0. The van der Waals surface area contributed by atoms with E-state index in [1.54, 1.807) is 6.20 Å². The van der Waals surface area contributed by atoms with Crippen molar-refractivity contribution in [1.82, 2.24) is 9.97 Å². The molecule has 2 aromatic rings. The molecule has 0 aliphatic carbocycles. The number of benzene rings is 1. The predicted molar refractivity (Wildman–Crippen MR) is 80.8 cm³/mol. The average Bonchev–Trinajstić information content (AvgIpc) is 2.56. The van der Waals surface area contributed by atoms with Gasteiger partial charge in [-0.25, -0.2) is 9.97 Å². The molecule has 1 fully saturated rings. The van der Waals surface area contributed by atoms with E-state index in [2.05, 4.69) is 44.0 Å². The van der Waals surface area contributed by atoms with E-state index < -0.39 is 0 Å². The Balaban J connectivity index is 1.66. The molecule has 1 aromatic heterocycles. The third-order valence-electron chi connectivity index (χ3n) is 3.59. The number of para-hydroxylation sites is 1. The summed E-state index contributed by atoms with van der Waals surface area (Å²) in [5.74, 6) is 0.792. The van der Waals surface area contributed by atoms with Gasteiger partial charge in [0.1, 0.15) is 0 Å². The molecule has 104 valence electrons. The summed E-state index contributed by atoms with van der Waals surface area (Å²) in [5.41, 5.74) is 7.80. The molecule has 0 radical (unpaired) electrons. The number of hydrogen-bond donors (Lipinski definition) is 1. The minimum absolute atomic E-state index is 0.458. The van der Waals surface area contributed by atoms with Gasteiger partial charge in [0.25, 0.3) is 0 Å². The Bertz CT molecular complexity index is 549. The molecule has 1 aromatic carbocycles. The summed E-state index contributed by atoms with van der Waals surface area (Å²) >= 11 is 0. The largest absolute Gasteiger partial charge is 0.368 e. The Morgan fingerprint density at radius 1 is 0.950 bits per heavy atom. The number of anilines is 2. The minimum atomic E-state index is 0.458. The van der Waals surface area contributed by atoms with Crippen LogP contribution in [0.1, 0.15) is 5.69 Å². The van der Waals surface area contributed by atoms with Crippen LogP contribution in [0.15, 0.2) is 42.6 Å². The molecule has 1 aliphatic heterocycles. The molecule has 1 saturated heterocycles. The van der Waals surface area contributed by atoms with Crippen LogP contribution >= 0.6 is 0 Å². The first-order chi connectivity index (χ1) is 9.86. The van der Waals surface area contributed by atoms with Gasteiger partial charge < -0.3 is 15.5 Å². The van der Waals surface area contributed by atoms with E-state index in [0.717, 1.165) is 37.8 Å². The first-order valence-corrected chi connectivity index (χ1v) is 6.94. The van der Waals surface area contributed by atoms with Crippen LogP contribution in [0.3, 0.4) is 0 Å². The molecular formula is C15H19N5. The van der Waals surface area contributed by atoms with Gasteiger partial charge in [-0.2, -0.15) is 0 Å². The monoisotopic (exact) mass is 269 g/mol. The summed E-state index contributed by atoms with van der Waals surface area (Å²) in [6, 6.07) is 12.4. The van der Waals surface area contributed by atoms with Crippen LogP contribution in [0.5, 0.6) is 0 Å². The highest BCUT2D eigenvalue weighted by Gasteiger charge is 2.19. The van der Waals surface area contributed by atoms with Crippen LogP contribution in [0.2, 0.25) is 0 Å². The first kappa shape index (κ1) is 12.9. The highest BCUT2D eigenvalue weighted by atomic mass is 15.3. The molecule has 5 heteroatoms. The number of piperazine rings is 1. The first-order valence-electron chi connectivity index (χ1n) is 6.94. The number of hydrogen-bond acceptors (Lipinski definition) is 5. The van der Waals surface area contributed by atoms with Crippen molar-refractivity contribution in [2.45, 2.75) is 6.54 Å². The standard InChI is InChI=1S/C15H19N5/c16-12-13-6-7-17-15(18-13)20-10-8-19(9-11-20)14-4-2-1-3-5-14/h1-7H,8-12,16H2. The molecule has 1 aliphatic rings. The minimum Gasteiger partial charge on any atom is -0.368 e. The Kier molecular flexibility index (Phi) is 3.78. The lowest BCUT2D eigenvalue weighted by Gasteiger charge is -2.36. The van der Waals surface area contributed by atoms with Crippen molar-refractivity contribution in [3.63, 3.8) is 0 Å². The smallest absolute Gasteiger partial charge is 0.225 e. The fourth-order valence-corrected chi connectivity index (χ4v) is 2.45. The summed E-state index contributed by atoms with van der Waals surface area (Å²) in [5, 5.41) is 0. The van der Waals surface area contributed by atoms with Gasteiger partial charge in [-0.05, 0) is 18.2 Å². The Hall–Kier alpha value is -2.14. The summed E-state index contributed by atoms with van der Waals surface area (Å²) in [4.78, 5) is 13.4. The summed E-state index contributed by atoms with van der Waals surface area (Å²) in [6.07, 6.45) is 1.79. The Morgan fingerprint density at radius 3 is 2.35 bits per heavy atom. The van der Waals surface area contributed by atoms with Gasteiger partial charge in [-0.15, -0.1) is 0 Å². The van der Waals surface area contributed by atoms with Crippen molar-refractivity contribution in [3.05, 3.63) is 48.3 Å². The molecular weight excluding hydrogens is 250 g/mol. The molecule has 0 unspecified atom stereocenters. The van der Waals surface area contributed by atoms with Gasteiger partial charge in [-0.3, -0.25) is 0 Å². The lowest BCUT2D eigenvalue weighted by atomic mass is 10.2. The zero-order chi connectivity index (χ0) is 13.8. The lowest BCUT2D eigenvalue weighted by molar-refractivity contribution is 0.638. The number of rotatable bonds is 3. The van der Waals surface area contributed by atoms with E-state index in [9.17, 15) is 0 Å². The van der Waals surface area contributed by atoms with Gasteiger partial charge in [-0.1, -0.05) is 18.2 Å². The molecule has 2 heterocycles. The maximum Gasteiger partial charge on any atom is 0.225 e. The van der Waals surface area contributed by atoms with Crippen molar-refractivity contribution in [1.29, 1.82) is 0 Å². The number of aromatic nitrogens is 2. The molecule has 3 rings (SSSR count). The van der Waals surface area contributed by atoms with Crippen molar-refractivity contribution >= 4 is 11.6 Å². The molecule has 0 atom stereocenters. The van der Waals surface area contributed by atoms with Gasteiger partial charge in [0.05, 0.1) is 5.69 Å². The number of nitrogens with two attached hydrogens (primary N) is 1. The van der Waals surface area contributed by atoms with E-state index in [-0.39, 0.29) is 0 Å². The number of nitrogens with zero attached hydrogens (tertiary/aromatic N) is 4. The fourth-order valence-electron chi connectivity index (χ4n) is 2.45. The predicted octanol–water partition coefficient (Wildman–Crippen LogP) is 1.26. The van der Waals surface area contributed by atoms with Crippen LogP contribution in [-0.2, 0) is 6.54 Å². The van der Waals surface area contributed by atoms with Crippen molar-refractivity contribution in [2.75, 3.05) is 36.0 Å². The van der Waals surface area contributed by atoms with Gasteiger partial charge in [0.2, 0.25) is 5.95 Å². The van der Waals surface area contributed by atoms with E-state index >= 15 is 0 Å². The quantitative estimate of drug-likeness (QED) is 0.909. The fraction of sp³-hybridized carbons (Fsp3) is 0.333. The maximum atomic E-state index is 5.63. The van der Waals surface area contributed by atoms with Crippen LogP contribution in [-0.4, -0.2) is 36.1 Å². The van der Waals surface area contributed by atoms with Crippen LogP contribution < -0.4 is 15.5 Å². The molecule has 0 amide bonds. The zero-order valence-corrected chi connectivity index (χ0v) is 11.4. The molecule has 0 saturated carbocycles. The van der Waals surface area contributed by atoms with E-state index in [0.29, 0.717) is 6.54 Å². The Morgan fingerprint density at radius 2 is 1.65 bits per heavy atom. The van der Waals surface area contributed by atoms with E-state index in [4.69, 9.17) is 5.73 Å². The topological polar surface area (TPSA) is 58.3 Å². The van der Waals surface area contributed by atoms with Crippen LogP contribution in [0, 0.1) is 0 Å². The second-order valence-corrected chi connectivity index (χ2v) is 4.86. The Labute approximate surface area is 119 Å². The molecule has 0 bridgehead atoms. The zero-order valence-electron chi connectivity index (χ0n) is 11.4. The normalized spacial score (nSPS) is 15.4. The van der Waals surface area contributed by atoms with Crippen molar-refractivity contribution in [3.8, 4) is 0 Å². The molecule has 0 spiro atoms. The highest BCUT2D eigenvalue weighted by Crippen LogP contribution is 2.17. The third kappa shape index (κ3) is 2.72. The summed E-state index contributed by atoms with van der Waals surface area (Å²) < 4.78 is 0. The highest BCUT2D eigenvalue weighted by molar-refractivity contribution is 5.48. The SMILES string of the molecule is NCc1ccnc(N2CCN(c3ccccc3)CC2)n1. The molecule has 5 nitrogen and oxygen atoms in total. The summed E-state index contributed by atoms with van der Waals surface area (Å²) in [6.45, 7) is 4.30. The van der Waals surface area contributed by atoms with Gasteiger partial charge in [0, 0.05) is 44.6 Å². The third-order valence-corrected chi connectivity index (χ3v) is 3.59. The lowest BCUT2D eigenvalue weighted by Crippen LogP contribution is -2.47. The van der Waals surface area contributed by atoms with Crippen molar-refractivity contribution in [2.24, 2.45) is 5.73 Å². The average molecular weight is 269 g/mol. The van der Waals surface area contributed by atoms with E-state index in [1.165, 1.54) is 5.69 Å².